The van der Waals surface area contributed by atoms with Gasteiger partial charge in [-0.3, -0.25) is 9.59 Å². The number of hydrogen-bond donors (Lipinski definition) is 4. The van der Waals surface area contributed by atoms with Crippen molar-refractivity contribution in [3.63, 3.8) is 0 Å². The van der Waals surface area contributed by atoms with Gasteiger partial charge < -0.3 is 20.8 Å². The molecule has 0 aliphatic rings. The van der Waals surface area contributed by atoms with Crippen LogP contribution in [0.2, 0.25) is 0 Å². The van der Waals surface area contributed by atoms with Gasteiger partial charge in [-0.25, -0.2) is 4.79 Å². The summed E-state index contributed by atoms with van der Waals surface area (Å²) in [6, 6.07) is 19.8. The van der Waals surface area contributed by atoms with Gasteiger partial charge in [-0.15, -0.1) is 0 Å². The van der Waals surface area contributed by atoms with Gasteiger partial charge in [0.1, 0.15) is 11.8 Å². The topological polar surface area (TPSA) is 116 Å². The lowest BCUT2D eigenvalue weighted by Crippen LogP contribution is -2.45. The number of rotatable bonds is 7. The van der Waals surface area contributed by atoms with Crippen molar-refractivity contribution in [1.82, 2.24) is 5.32 Å². The maximum atomic E-state index is 12.9. The van der Waals surface area contributed by atoms with Gasteiger partial charge in [0.05, 0.1) is 5.56 Å². The van der Waals surface area contributed by atoms with Gasteiger partial charge in [0.15, 0.2) is 0 Å². The Labute approximate surface area is 173 Å². The van der Waals surface area contributed by atoms with E-state index in [4.69, 9.17) is 5.11 Å². The monoisotopic (exact) mass is 404 g/mol. The van der Waals surface area contributed by atoms with E-state index in [1.54, 1.807) is 42.5 Å². The summed E-state index contributed by atoms with van der Waals surface area (Å²) in [5.74, 6) is -1.80. The summed E-state index contributed by atoms with van der Waals surface area (Å²) in [7, 11) is 0. The van der Waals surface area contributed by atoms with Crippen LogP contribution in [0.4, 0.5) is 5.69 Å². The molecule has 0 radical (unpaired) electrons. The van der Waals surface area contributed by atoms with Gasteiger partial charge in [0.25, 0.3) is 5.91 Å². The molecule has 30 heavy (non-hydrogen) atoms. The smallest absolute Gasteiger partial charge is 0.335 e. The molecule has 2 amide bonds. The number of aromatic hydroxyl groups is 1. The number of carboxylic acid groups (broad SMARTS) is 1. The Hall–Kier alpha value is -4.13. The normalized spacial score (nSPS) is 11.3. The number of phenols is 1. The highest BCUT2D eigenvalue weighted by molar-refractivity contribution is 6.01. The highest BCUT2D eigenvalue weighted by Gasteiger charge is 2.22. The van der Waals surface area contributed by atoms with Crippen molar-refractivity contribution in [3.05, 3.63) is 95.6 Å². The number of carbonyl (C=O) groups is 3. The number of amides is 2. The summed E-state index contributed by atoms with van der Waals surface area (Å²) in [6.45, 7) is 0. The Bertz CT molecular complexity index is 1030. The second-order valence-corrected chi connectivity index (χ2v) is 6.63. The number of aromatic carboxylic acids is 1. The lowest BCUT2D eigenvalue weighted by molar-refractivity contribution is -0.118. The average molecular weight is 404 g/mol. The molecule has 3 aromatic carbocycles. The van der Waals surface area contributed by atoms with Gasteiger partial charge in [-0.1, -0.05) is 30.3 Å². The van der Waals surface area contributed by atoms with Gasteiger partial charge in [-0.05, 0) is 54.1 Å². The van der Waals surface area contributed by atoms with Crippen LogP contribution in [0.25, 0.3) is 0 Å². The van der Waals surface area contributed by atoms with Crippen LogP contribution in [-0.4, -0.2) is 34.0 Å². The maximum absolute atomic E-state index is 12.9. The van der Waals surface area contributed by atoms with Crippen LogP contribution in [0.1, 0.15) is 26.3 Å². The standard InChI is InChI=1S/C23H20N2O5/c26-19-12-6-15(7-13-19)14-20(25-21(27)16-4-2-1-3-5-16)22(28)24-18-10-8-17(9-11-18)23(29)30/h1-13,20,26H,14H2,(H,24,28)(H,25,27)(H,29,30). The second kappa shape index (κ2) is 9.38. The van der Waals surface area contributed by atoms with E-state index in [2.05, 4.69) is 10.6 Å². The van der Waals surface area contributed by atoms with Crippen molar-refractivity contribution < 1.29 is 24.6 Å². The molecule has 0 saturated carbocycles. The SMILES string of the molecule is O=C(O)c1ccc(NC(=O)C(Cc2ccc(O)cc2)NC(=O)c2ccccc2)cc1. The van der Waals surface area contributed by atoms with Crippen LogP contribution in [0.3, 0.4) is 0 Å². The highest BCUT2D eigenvalue weighted by Crippen LogP contribution is 2.14. The zero-order valence-electron chi connectivity index (χ0n) is 15.9. The Morgan fingerprint density at radius 1 is 0.800 bits per heavy atom. The zero-order valence-corrected chi connectivity index (χ0v) is 15.9. The number of nitrogens with one attached hydrogen (secondary N) is 2. The first-order valence-electron chi connectivity index (χ1n) is 9.20. The molecule has 152 valence electrons. The molecular formula is C23H20N2O5. The minimum Gasteiger partial charge on any atom is -0.508 e. The largest absolute Gasteiger partial charge is 0.508 e. The number of benzene rings is 3. The van der Waals surface area contributed by atoms with Crippen LogP contribution >= 0.6 is 0 Å². The third-order valence-electron chi connectivity index (χ3n) is 4.43. The van der Waals surface area contributed by atoms with E-state index in [1.165, 1.54) is 36.4 Å². The van der Waals surface area contributed by atoms with Crippen LogP contribution < -0.4 is 10.6 Å². The fourth-order valence-electron chi connectivity index (χ4n) is 2.83. The van der Waals surface area contributed by atoms with Crippen molar-refractivity contribution >= 4 is 23.5 Å². The molecular weight excluding hydrogens is 384 g/mol. The van der Waals surface area contributed by atoms with Crippen molar-refractivity contribution in [3.8, 4) is 5.75 Å². The fourth-order valence-corrected chi connectivity index (χ4v) is 2.83. The molecule has 7 nitrogen and oxygen atoms in total. The van der Waals surface area contributed by atoms with E-state index in [0.717, 1.165) is 5.56 Å². The molecule has 0 bridgehead atoms. The minimum absolute atomic E-state index is 0.103. The lowest BCUT2D eigenvalue weighted by atomic mass is 10.0. The van der Waals surface area contributed by atoms with Gasteiger partial charge in [0.2, 0.25) is 5.91 Å². The number of carbonyl (C=O) groups excluding carboxylic acids is 2. The van der Waals surface area contributed by atoms with Crippen LogP contribution in [0, 0.1) is 0 Å². The molecule has 0 fully saturated rings. The summed E-state index contributed by atoms with van der Waals surface area (Å²) in [6.07, 6.45) is 0.206. The molecule has 7 heteroatoms. The summed E-state index contributed by atoms with van der Waals surface area (Å²) < 4.78 is 0. The molecule has 4 N–H and O–H groups in total. The first-order valence-corrected chi connectivity index (χ1v) is 9.20. The predicted octanol–water partition coefficient (Wildman–Crippen LogP) is 3.07. The molecule has 0 heterocycles. The van der Waals surface area contributed by atoms with Crippen LogP contribution in [0.5, 0.6) is 5.75 Å². The number of hydrogen-bond acceptors (Lipinski definition) is 4. The van der Waals surface area contributed by atoms with Crippen LogP contribution in [-0.2, 0) is 11.2 Å². The van der Waals surface area contributed by atoms with Crippen molar-refractivity contribution in [2.24, 2.45) is 0 Å². The van der Waals surface area contributed by atoms with Crippen LogP contribution in [0.15, 0.2) is 78.9 Å². The minimum atomic E-state index is -1.06. The maximum Gasteiger partial charge on any atom is 0.335 e. The second-order valence-electron chi connectivity index (χ2n) is 6.63. The Kier molecular flexibility index (Phi) is 6.44. The van der Waals surface area contributed by atoms with E-state index in [0.29, 0.717) is 11.3 Å². The van der Waals surface area contributed by atoms with Crippen molar-refractivity contribution in [2.45, 2.75) is 12.5 Å². The molecule has 1 unspecified atom stereocenters. The predicted molar refractivity (Wildman–Crippen MR) is 112 cm³/mol. The molecule has 3 rings (SSSR count). The quantitative estimate of drug-likeness (QED) is 0.483. The Morgan fingerprint density at radius 2 is 1.43 bits per heavy atom. The fraction of sp³-hybridized carbons (Fsp3) is 0.0870. The summed E-state index contributed by atoms with van der Waals surface area (Å²) in [5, 5.41) is 23.9. The molecule has 0 aliphatic carbocycles. The number of anilines is 1. The van der Waals surface area contributed by atoms with E-state index < -0.39 is 23.8 Å². The first-order chi connectivity index (χ1) is 14.4. The third-order valence-corrected chi connectivity index (χ3v) is 4.43. The zero-order chi connectivity index (χ0) is 21.5. The lowest BCUT2D eigenvalue weighted by Gasteiger charge is -2.19. The molecule has 0 aliphatic heterocycles. The Morgan fingerprint density at radius 3 is 2.03 bits per heavy atom. The molecule has 0 aromatic heterocycles. The molecule has 0 spiro atoms. The van der Waals surface area contributed by atoms with Crippen molar-refractivity contribution in [2.75, 3.05) is 5.32 Å². The van der Waals surface area contributed by atoms with E-state index in [1.807, 2.05) is 0 Å². The van der Waals surface area contributed by atoms with Gasteiger partial charge in [-0.2, -0.15) is 0 Å². The number of phenolic OH excluding ortho intramolecular Hbond substituents is 1. The van der Waals surface area contributed by atoms with Crippen molar-refractivity contribution in [1.29, 1.82) is 0 Å². The van der Waals surface area contributed by atoms with Gasteiger partial charge >= 0.3 is 5.97 Å². The van der Waals surface area contributed by atoms with E-state index in [-0.39, 0.29) is 17.7 Å². The summed E-state index contributed by atoms with van der Waals surface area (Å²) in [4.78, 5) is 36.4. The highest BCUT2D eigenvalue weighted by atomic mass is 16.4. The molecule has 3 aromatic rings. The number of carboxylic acids is 1. The summed E-state index contributed by atoms with van der Waals surface area (Å²) in [5.41, 5.74) is 1.69. The molecule has 0 saturated heterocycles. The summed E-state index contributed by atoms with van der Waals surface area (Å²) >= 11 is 0. The molecule has 1 atom stereocenters. The Balaban J connectivity index is 1.78. The van der Waals surface area contributed by atoms with Gasteiger partial charge in [0, 0.05) is 17.7 Å². The third kappa shape index (κ3) is 5.45. The van der Waals surface area contributed by atoms with E-state index >= 15 is 0 Å². The average Bonchev–Trinajstić information content (AvgIpc) is 2.75. The first kappa shape index (κ1) is 20.6. The van der Waals surface area contributed by atoms with E-state index in [9.17, 15) is 19.5 Å².